The molecule has 0 spiro atoms. The Kier molecular flexibility index (Phi) is 2.53. The molecule has 0 aliphatic carbocycles. The van der Waals surface area contributed by atoms with E-state index in [0.717, 1.165) is 5.56 Å². The molecule has 3 rings (SSSR count). The molecule has 1 aliphatic heterocycles. The number of hydrogen-bond acceptors (Lipinski definition) is 4. The molecule has 5 heteroatoms. The molecular formula is C13H12N2O3. The molecule has 2 aromatic rings. The topological polar surface area (TPSA) is 66.5 Å². The summed E-state index contributed by atoms with van der Waals surface area (Å²) in [7, 11) is 0. The number of nitrogens with zero attached hydrogens (tertiary/aromatic N) is 1. The summed E-state index contributed by atoms with van der Waals surface area (Å²) < 4.78 is 12.0. The fourth-order valence-corrected chi connectivity index (χ4v) is 1.87. The zero-order valence-electron chi connectivity index (χ0n) is 9.63. The van der Waals surface area contributed by atoms with Crippen molar-refractivity contribution in [3.05, 3.63) is 47.8 Å². The van der Waals surface area contributed by atoms with Gasteiger partial charge in [0, 0.05) is 24.5 Å². The molecule has 0 amide bonds. The van der Waals surface area contributed by atoms with E-state index >= 15 is 0 Å². The van der Waals surface area contributed by atoms with E-state index in [1.54, 1.807) is 30.6 Å². The van der Waals surface area contributed by atoms with E-state index in [1.165, 1.54) is 4.57 Å². The largest absolute Gasteiger partial charge is 0.454 e. The second-order valence-electron chi connectivity index (χ2n) is 4.00. The maximum Gasteiger partial charge on any atom is 0.261 e. The first-order chi connectivity index (χ1) is 8.78. The van der Waals surface area contributed by atoms with Crippen LogP contribution < -0.4 is 15.2 Å². The summed E-state index contributed by atoms with van der Waals surface area (Å²) in [4.78, 5) is 12.2. The van der Waals surface area contributed by atoms with Gasteiger partial charge in [0.05, 0.1) is 0 Å². The number of carbonyl (C=O) groups is 1. The van der Waals surface area contributed by atoms with Gasteiger partial charge in [-0.3, -0.25) is 9.36 Å². The lowest BCUT2D eigenvalue weighted by Gasteiger charge is -2.03. The number of rotatable bonds is 2. The molecule has 1 aromatic heterocycles. The molecule has 1 aromatic carbocycles. The predicted octanol–water partition coefficient (Wildman–Crippen LogP) is 1.36. The first-order valence-corrected chi connectivity index (χ1v) is 5.59. The highest BCUT2D eigenvalue weighted by atomic mass is 16.7. The predicted molar refractivity (Wildman–Crippen MR) is 64.6 cm³/mol. The highest BCUT2D eigenvalue weighted by Gasteiger charge is 2.16. The number of hydrogen-bond donors (Lipinski definition) is 1. The minimum Gasteiger partial charge on any atom is -0.454 e. The van der Waals surface area contributed by atoms with Gasteiger partial charge in [0.1, 0.15) is 0 Å². The van der Waals surface area contributed by atoms with Gasteiger partial charge in [-0.15, -0.1) is 0 Å². The number of carbonyl (C=O) groups excluding carboxylic acids is 1. The van der Waals surface area contributed by atoms with E-state index < -0.39 is 0 Å². The summed E-state index contributed by atoms with van der Waals surface area (Å²) in [6, 6.07) is 6.97. The van der Waals surface area contributed by atoms with Crippen LogP contribution in [0.5, 0.6) is 11.5 Å². The van der Waals surface area contributed by atoms with Crippen molar-refractivity contribution in [3.63, 3.8) is 0 Å². The Balaban J connectivity index is 1.92. The van der Waals surface area contributed by atoms with Crippen LogP contribution in [-0.2, 0) is 6.54 Å². The van der Waals surface area contributed by atoms with Crippen molar-refractivity contribution in [2.45, 2.75) is 6.54 Å². The van der Waals surface area contributed by atoms with Crippen LogP contribution in [0, 0.1) is 0 Å². The van der Waals surface area contributed by atoms with Crippen LogP contribution in [0.2, 0.25) is 0 Å². The fraction of sp³-hybridized carbons (Fsp3) is 0.154. The van der Waals surface area contributed by atoms with Crippen molar-refractivity contribution in [1.82, 2.24) is 4.57 Å². The molecule has 0 saturated carbocycles. The van der Waals surface area contributed by atoms with Gasteiger partial charge in [0.15, 0.2) is 11.5 Å². The summed E-state index contributed by atoms with van der Waals surface area (Å²) in [6.07, 6.45) is 3.43. The van der Waals surface area contributed by atoms with Gasteiger partial charge in [-0.25, -0.2) is 0 Å². The second-order valence-corrected chi connectivity index (χ2v) is 4.00. The molecule has 92 valence electrons. The molecule has 0 unspecified atom stereocenters. The van der Waals surface area contributed by atoms with Crippen molar-refractivity contribution in [2.75, 3.05) is 6.79 Å². The van der Waals surface area contributed by atoms with Crippen molar-refractivity contribution in [3.8, 4) is 11.5 Å². The summed E-state index contributed by atoms with van der Waals surface area (Å²) in [5, 5.41) is 0. The molecule has 5 nitrogen and oxygen atoms in total. The van der Waals surface area contributed by atoms with E-state index in [9.17, 15) is 4.79 Å². The SMILES string of the molecule is NCc1ccn(C(=O)c2ccc3c(c2)OCO3)c1. The third-order valence-corrected chi connectivity index (χ3v) is 2.84. The Morgan fingerprint density at radius 2 is 2.11 bits per heavy atom. The molecular weight excluding hydrogens is 232 g/mol. The summed E-state index contributed by atoms with van der Waals surface area (Å²) in [6.45, 7) is 0.620. The van der Waals surface area contributed by atoms with Crippen LogP contribution in [0.3, 0.4) is 0 Å². The van der Waals surface area contributed by atoms with Gasteiger partial charge >= 0.3 is 0 Å². The van der Waals surface area contributed by atoms with Gasteiger partial charge in [-0.2, -0.15) is 0 Å². The number of benzene rings is 1. The molecule has 18 heavy (non-hydrogen) atoms. The van der Waals surface area contributed by atoms with Crippen LogP contribution in [0.4, 0.5) is 0 Å². The summed E-state index contributed by atoms with van der Waals surface area (Å²) in [5.74, 6) is 1.15. The molecule has 1 aliphatic rings. The van der Waals surface area contributed by atoms with Crippen LogP contribution in [-0.4, -0.2) is 17.3 Å². The number of aromatic nitrogens is 1. The van der Waals surface area contributed by atoms with Gasteiger partial charge in [0.25, 0.3) is 5.91 Å². The van der Waals surface area contributed by atoms with E-state index in [0.29, 0.717) is 23.6 Å². The Labute approximate surface area is 104 Å². The monoisotopic (exact) mass is 244 g/mol. The zero-order valence-corrected chi connectivity index (χ0v) is 9.63. The second kappa shape index (κ2) is 4.19. The van der Waals surface area contributed by atoms with Crippen LogP contribution in [0.1, 0.15) is 15.9 Å². The maximum atomic E-state index is 12.2. The molecule has 0 fully saturated rings. The molecule has 0 atom stereocenters. The van der Waals surface area contributed by atoms with E-state index in [1.807, 2.05) is 6.07 Å². The number of nitrogens with two attached hydrogens (primary N) is 1. The maximum absolute atomic E-state index is 12.2. The summed E-state index contributed by atoms with van der Waals surface area (Å²) in [5.41, 5.74) is 6.99. The molecule has 0 radical (unpaired) electrons. The van der Waals surface area contributed by atoms with Crippen molar-refractivity contribution >= 4 is 5.91 Å². The lowest BCUT2D eigenvalue weighted by Crippen LogP contribution is -2.09. The molecule has 0 bridgehead atoms. The minimum atomic E-state index is -0.118. The minimum absolute atomic E-state index is 0.118. The third-order valence-electron chi connectivity index (χ3n) is 2.84. The highest BCUT2D eigenvalue weighted by Crippen LogP contribution is 2.32. The molecule has 0 saturated heterocycles. The Morgan fingerprint density at radius 3 is 2.89 bits per heavy atom. The highest BCUT2D eigenvalue weighted by molar-refractivity contribution is 5.96. The lowest BCUT2D eigenvalue weighted by atomic mass is 10.2. The summed E-state index contributed by atoms with van der Waals surface area (Å²) >= 11 is 0. The van der Waals surface area contributed by atoms with Gasteiger partial charge in [0.2, 0.25) is 6.79 Å². The number of fused-ring (bicyclic) bond motifs is 1. The fourth-order valence-electron chi connectivity index (χ4n) is 1.87. The van der Waals surface area contributed by atoms with Gasteiger partial charge in [-0.05, 0) is 29.8 Å². The van der Waals surface area contributed by atoms with Crippen LogP contribution >= 0.6 is 0 Å². The first-order valence-electron chi connectivity index (χ1n) is 5.59. The third kappa shape index (κ3) is 1.74. The number of ether oxygens (including phenoxy) is 2. The van der Waals surface area contributed by atoms with Gasteiger partial charge < -0.3 is 15.2 Å². The van der Waals surface area contributed by atoms with Crippen LogP contribution in [0.15, 0.2) is 36.7 Å². The van der Waals surface area contributed by atoms with Crippen LogP contribution in [0.25, 0.3) is 0 Å². The van der Waals surface area contributed by atoms with E-state index in [4.69, 9.17) is 15.2 Å². The Bertz CT molecular complexity index is 604. The van der Waals surface area contributed by atoms with Gasteiger partial charge in [-0.1, -0.05) is 0 Å². The van der Waals surface area contributed by atoms with Crippen molar-refractivity contribution in [2.24, 2.45) is 5.73 Å². The molecule has 2 N–H and O–H groups in total. The van der Waals surface area contributed by atoms with E-state index in [2.05, 4.69) is 0 Å². The Hall–Kier alpha value is -2.27. The van der Waals surface area contributed by atoms with E-state index in [-0.39, 0.29) is 12.7 Å². The smallest absolute Gasteiger partial charge is 0.261 e. The van der Waals surface area contributed by atoms with Crippen molar-refractivity contribution < 1.29 is 14.3 Å². The quantitative estimate of drug-likeness (QED) is 0.866. The standard InChI is InChI=1S/C13H12N2O3/c14-6-9-3-4-15(7-9)13(16)10-1-2-11-12(5-10)18-8-17-11/h1-5,7H,6,8,14H2. The average molecular weight is 244 g/mol. The lowest BCUT2D eigenvalue weighted by molar-refractivity contribution is 0.0959. The normalized spacial score (nSPS) is 12.7. The molecule has 2 heterocycles. The van der Waals surface area contributed by atoms with Crippen molar-refractivity contribution in [1.29, 1.82) is 0 Å². The average Bonchev–Trinajstić information content (AvgIpc) is 3.05. The zero-order chi connectivity index (χ0) is 12.5. The Morgan fingerprint density at radius 1 is 1.28 bits per heavy atom. The first kappa shape index (κ1) is 10.9.